The number of hydrogen-bond acceptors (Lipinski definition) is 3. The highest BCUT2D eigenvalue weighted by atomic mass is 16.7. The highest BCUT2D eigenvalue weighted by Crippen LogP contribution is 2.14. The van der Waals surface area contributed by atoms with E-state index in [1.54, 1.807) is 0 Å². The van der Waals surface area contributed by atoms with Gasteiger partial charge in [-0.15, -0.1) is 0 Å². The lowest BCUT2D eigenvalue weighted by molar-refractivity contribution is -0.119. The molecule has 70 valence electrons. The van der Waals surface area contributed by atoms with Crippen LogP contribution in [0.3, 0.4) is 0 Å². The van der Waals surface area contributed by atoms with Crippen LogP contribution in [0.15, 0.2) is 0 Å². The summed E-state index contributed by atoms with van der Waals surface area (Å²) in [5.74, 6) is 0.817. The maximum Gasteiger partial charge on any atom is 0.0698 e. The molecule has 2 fully saturated rings. The van der Waals surface area contributed by atoms with E-state index >= 15 is 0 Å². The largest absolute Gasteiger partial charge is 0.316 e. The predicted octanol–water partition coefficient (Wildman–Crippen LogP) is 0.623. The number of hydrogen-bond donors (Lipinski definition) is 1. The summed E-state index contributed by atoms with van der Waals surface area (Å²) < 4.78 is 0. The Morgan fingerprint density at radius 3 is 3.08 bits per heavy atom. The maximum absolute atomic E-state index is 5.46. The monoisotopic (exact) mass is 170 g/mol. The zero-order valence-electron chi connectivity index (χ0n) is 7.59. The van der Waals surface area contributed by atoms with Crippen LogP contribution < -0.4 is 5.32 Å². The van der Waals surface area contributed by atoms with E-state index in [0.29, 0.717) is 0 Å². The van der Waals surface area contributed by atoms with Gasteiger partial charge in [-0.3, -0.25) is 4.84 Å². The molecule has 0 aromatic rings. The third-order valence-electron chi connectivity index (χ3n) is 2.69. The Bertz CT molecular complexity index is 128. The van der Waals surface area contributed by atoms with E-state index in [1.807, 2.05) is 0 Å². The minimum Gasteiger partial charge on any atom is -0.316 e. The van der Waals surface area contributed by atoms with E-state index < -0.39 is 0 Å². The standard InChI is InChI=1S/C9H18N2O/c1-3-9(7-10-4-1)8-11-5-2-6-12-11/h9-10H,1-8H2. The van der Waals surface area contributed by atoms with Gasteiger partial charge < -0.3 is 5.32 Å². The molecule has 3 nitrogen and oxygen atoms in total. The molecule has 2 saturated heterocycles. The third kappa shape index (κ3) is 2.19. The molecule has 0 spiro atoms. The number of nitrogens with one attached hydrogen (secondary N) is 1. The van der Waals surface area contributed by atoms with Gasteiger partial charge in [0.05, 0.1) is 6.61 Å². The first-order valence-electron chi connectivity index (χ1n) is 5.04. The minimum absolute atomic E-state index is 0.817. The highest BCUT2D eigenvalue weighted by Gasteiger charge is 2.19. The van der Waals surface area contributed by atoms with Crippen molar-refractivity contribution in [2.45, 2.75) is 19.3 Å². The van der Waals surface area contributed by atoms with E-state index in [9.17, 15) is 0 Å². The van der Waals surface area contributed by atoms with Crippen LogP contribution in [0.1, 0.15) is 19.3 Å². The van der Waals surface area contributed by atoms with Crippen molar-refractivity contribution in [2.24, 2.45) is 5.92 Å². The average Bonchev–Trinajstić information content (AvgIpc) is 2.59. The lowest BCUT2D eigenvalue weighted by atomic mass is 10.00. The summed E-state index contributed by atoms with van der Waals surface area (Å²) in [6.45, 7) is 5.58. The van der Waals surface area contributed by atoms with Gasteiger partial charge in [-0.1, -0.05) is 0 Å². The number of nitrogens with zero attached hydrogens (tertiary/aromatic N) is 1. The molecule has 0 radical (unpaired) electrons. The van der Waals surface area contributed by atoms with Crippen LogP contribution in [0.2, 0.25) is 0 Å². The molecule has 2 rings (SSSR count). The Morgan fingerprint density at radius 1 is 1.42 bits per heavy atom. The molecule has 12 heavy (non-hydrogen) atoms. The van der Waals surface area contributed by atoms with Crippen LogP contribution in [-0.4, -0.2) is 37.8 Å². The zero-order chi connectivity index (χ0) is 8.23. The lowest BCUT2D eigenvalue weighted by Gasteiger charge is -2.26. The molecular formula is C9H18N2O. The average molecular weight is 170 g/mol. The fraction of sp³-hybridized carbons (Fsp3) is 1.00. The summed E-state index contributed by atoms with van der Waals surface area (Å²) in [6.07, 6.45) is 3.91. The van der Waals surface area contributed by atoms with Crippen molar-refractivity contribution in [2.75, 3.05) is 32.8 Å². The predicted molar refractivity (Wildman–Crippen MR) is 47.7 cm³/mol. The van der Waals surface area contributed by atoms with E-state index in [2.05, 4.69) is 10.4 Å². The van der Waals surface area contributed by atoms with Crippen molar-refractivity contribution in [3.8, 4) is 0 Å². The maximum atomic E-state index is 5.46. The van der Waals surface area contributed by atoms with Gasteiger partial charge in [0.15, 0.2) is 0 Å². The van der Waals surface area contributed by atoms with E-state index in [0.717, 1.165) is 25.6 Å². The normalized spacial score (nSPS) is 32.5. The van der Waals surface area contributed by atoms with E-state index in [-0.39, 0.29) is 0 Å². The molecule has 0 aliphatic carbocycles. The molecule has 0 bridgehead atoms. The molecule has 1 atom stereocenters. The van der Waals surface area contributed by atoms with Crippen molar-refractivity contribution in [1.29, 1.82) is 0 Å². The number of piperidine rings is 1. The van der Waals surface area contributed by atoms with Crippen molar-refractivity contribution in [3.63, 3.8) is 0 Å². The van der Waals surface area contributed by atoms with Gasteiger partial charge in [0.25, 0.3) is 0 Å². The van der Waals surface area contributed by atoms with E-state index in [4.69, 9.17) is 4.84 Å². The SMILES string of the molecule is C1CNCC(CN2CCCO2)C1. The quantitative estimate of drug-likeness (QED) is 0.657. The molecule has 2 aliphatic heterocycles. The molecule has 0 saturated carbocycles. The molecule has 0 aromatic carbocycles. The Morgan fingerprint density at radius 2 is 2.42 bits per heavy atom. The summed E-state index contributed by atoms with van der Waals surface area (Å²) in [7, 11) is 0. The molecule has 0 aromatic heterocycles. The van der Waals surface area contributed by atoms with Gasteiger partial charge in [-0.05, 0) is 38.3 Å². The fourth-order valence-corrected chi connectivity index (χ4v) is 2.01. The van der Waals surface area contributed by atoms with Crippen molar-refractivity contribution < 1.29 is 4.84 Å². The summed E-state index contributed by atoms with van der Waals surface area (Å²) in [6, 6.07) is 0. The van der Waals surface area contributed by atoms with Gasteiger partial charge >= 0.3 is 0 Å². The van der Waals surface area contributed by atoms with Crippen LogP contribution in [0.5, 0.6) is 0 Å². The van der Waals surface area contributed by atoms with Gasteiger partial charge in [0.2, 0.25) is 0 Å². The Hall–Kier alpha value is -0.120. The van der Waals surface area contributed by atoms with Crippen LogP contribution in [-0.2, 0) is 4.84 Å². The van der Waals surface area contributed by atoms with Gasteiger partial charge in [-0.2, -0.15) is 5.06 Å². The molecule has 3 heteroatoms. The van der Waals surface area contributed by atoms with Crippen molar-refractivity contribution in [1.82, 2.24) is 10.4 Å². The molecule has 2 aliphatic rings. The first kappa shape index (κ1) is 8.48. The van der Waals surface area contributed by atoms with E-state index in [1.165, 1.54) is 32.4 Å². The first-order valence-corrected chi connectivity index (χ1v) is 5.04. The number of hydroxylamine groups is 2. The Balaban J connectivity index is 1.69. The van der Waals surface area contributed by atoms with Crippen LogP contribution in [0.4, 0.5) is 0 Å². The molecule has 1 N–H and O–H groups in total. The van der Waals surface area contributed by atoms with Crippen LogP contribution >= 0.6 is 0 Å². The molecule has 0 amide bonds. The lowest BCUT2D eigenvalue weighted by Crippen LogP contribution is -2.36. The van der Waals surface area contributed by atoms with Crippen LogP contribution in [0.25, 0.3) is 0 Å². The smallest absolute Gasteiger partial charge is 0.0698 e. The first-order chi connectivity index (χ1) is 5.95. The summed E-state index contributed by atoms with van der Waals surface area (Å²) >= 11 is 0. The summed E-state index contributed by atoms with van der Waals surface area (Å²) in [5.41, 5.74) is 0. The summed E-state index contributed by atoms with van der Waals surface area (Å²) in [4.78, 5) is 5.46. The van der Waals surface area contributed by atoms with Gasteiger partial charge in [0, 0.05) is 13.1 Å². The Kier molecular flexibility index (Phi) is 2.98. The zero-order valence-corrected chi connectivity index (χ0v) is 7.59. The molecule has 1 unspecified atom stereocenters. The molecular weight excluding hydrogens is 152 g/mol. The topological polar surface area (TPSA) is 24.5 Å². The highest BCUT2D eigenvalue weighted by molar-refractivity contribution is 4.71. The summed E-state index contributed by atoms with van der Waals surface area (Å²) in [5, 5.41) is 5.56. The second-order valence-electron chi connectivity index (χ2n) is 3.79. The molecule has 2 heterocycles. The van der Waals surface area contributed by atoms with Crippen LogP contribution in [0, 0.1) is 5.92 Å². The second kappa shape index (κ2) is 4.21. The minimum atomic E-state index is 0.817. The Labute approximate surface area is 74.0 Å². The van der Waals surface area contributed by atoms with Crippen molar-refractivity contribution >= 4 is 0 Å². The van der Waals surface area contributed by atoms with Gasteiger partial charge in [0.1, 0.15) is 0 Å². The third-order valence-corrected chi connectivity index (χ3v) is 2.69. The second-order valence-corrected chi connectivity index (χ2v) is 3.79. The fourth-order valence-electron chi connectivity index (χ4n) is 2.01. The van der Waals surface area contributed by atoms with Crippen molar-refractivity contribution in [3.05, 3.63) is 0 Å². The van der Waals surface area contributed by atoms with Gasteiger partial charge in [-0.25, -0.2) is 0 Å². The number of rotatable bonds is 2.